The van der Waals surface area contributed by atoms with E-state index in [0.29, 0.717) is 6.54 Å². The van der Waals surface area contributed by atoms with Crippen LogP contribution in [-0.2, 0) is 9.53 Å². The zero-order valence-electron chi connectivity index (χ0n) is 15.6. The molecule has 1 unspecified atom stereocenters. The lowest BCUT2D eigenvalue weighted by Crippen LogP contribution is -2.48. The van der Waals surface area contributed by atoms with Gasteiger partial charge in [-0.15, -0.1) is 0 Å². The van der Waals surface area contributed by atoms with Crippen LogP contribution in [0.2, 0.25) is 0 Å². The van der Waals surface area contributed by atoms with Gasteiger partial charge < -0.3 is 19.7 Å². The van der Waals surface area contributed by atoms with Crippen molar-refractivity contribution in [2.75, 3.05) is 33.8 Å². The highest BCUT2D eigenvalue weighted by molar-refractivity contribution is 5.80. The monoisotopic (exact) mass is 347 g/mol. The van der Waals surface area contributed by atoms with E-state index in [1.54, 1.807) is 7.05 Å². The number of nitrogens with zero attached hydrogens (tertiary/aromatic N) is 2. The smallest absolute Gasteiger partial charge is 0.308 e. The number of rotatable bonds is 5. The van der Waals surface area contributed by atoms with Crippen molar-refractivity contribution < 1.29 is 14.3 Å². The van der Waals surface area contributed by atoms with Crippen LogP contribution in [0.5, 0.6) is 5.75 Å². The fourth-order valence-electron chi connectivity index (χ4n) is 3.01. The van der Waals surface area contributed by atoms with Gasteiger partial charge >= 0.3 is 5.97 Å². The summed E-state index contributed by atoms with van der Waals surface area (Å²) >= 11 is 0. The second kappa shape index (κ2) is 9.30. The summed E-state index contributed by atoms with van der Waals surface area (Å²) in [6.45, 7) is 6.34. The number of nitrogens with one attached hydrogen (secondary N) is 1. The number of ether oxygens (including phenoxy) is 2. The molecule has 0 amide bonds. The van der Waals surface area contributed by atoms with Crippen molar-refractivity contribution in [1.82, 2.24) is 10.2 Å². The molecule has 0 saturated carbocycles. The Kier molecular flexibility index (Phi) is 7.10. The SMILES string of the molecule is CN=C(NCC(C)Oc1ccccc1C)N1CCC(C(=O)OC)CC1. The molecule has 0 bridgehead atoms. The molecule has 1 aliphatic heterocycles. The van der Waals surface area contributed by atoms with E-state index >= 15 is 0 Å². The molecule has 25 heavy (non-hydrogen) atoms. The third-order valence-corrected chi connectivity index (χ3v) is 4.51. The summed E-state index contributed by atoms with van der Waals surface area (Å²) in [6.07, 6.45) is 1.61. The van der Waals surface area contributed by atoms with E-state index < -0.39 is 0 Å². The molecule has 138 valence electrons. The van der Waals surface area contributed by atoms with Crippen LogP contribution in [0.3, 0.4) is 0 Å². The number of carbonyl (C=O) groups is 1. The number of piperidine rings is 1. The van der Waals surface area contributed by atoms with Gasteiger partial charge in [-0.2, -0.15) is 0 Å². The van der Waals surface area contributed by atoms with E-state index in [2.05, 4.69) is 15.2 Å². The number of esters is 1. The largest absolute Gasteiger partial charge is 0.489 e. The minimum absolute atomic E-state index is 0.00247. The van der Waals surface area contributed by atoms with Gasteiger partial charge in [0.1, 0.15) is 11.9 Å². The molecule has 6 heteroatoms. The number of hydrogen-bond acceptors (Lipinski definition) is 4. The van der Waals surface area contributed by atoms with Crippen molar-refractivity contribution in [2.45, 2.75) is 32.8 Å². The van der Waals surface area contributed by atoms with Gasteiger partial charge in [-0.05, 0) is 38.3 Å². The van der Waals surface area contributed by atoms with Crippen LogP contribution in [-0.4, -0.2) is 56.7 Å². The Morgan fingerprint density at radius 3 is 2.64 bits per heavy atom. The molecular weight excluding hydrogens is 318 g/mol. The fourth-order valence-corrected chi connectivity index (χ4v) is 3.01. The summed E-state index contributed by atoms with van der Waals surface area (Å²) < 4.78 is 10.8. The predicted molar refractivity (Wildman–Crippen MR) is 98.9 cm³/mol. The molecule has 1 aromatic rings. The third kappa shape index (κ3) is 5.37. The van der Waals surface area contributed by atoms with Crippen molar-refractivity contribution in [2.24, 2.45) is 10.9 Å². The maximum atomic E-state index is 11.6. The van der Waals surface area contributed by atoms with Crippen LogP contribution in [0.4, 0.5) is 0 Å². The van der Waals surface area contributed by atoms with Crippen molar-refractivity contribution >= 4 is 11.9 Å². The molecule has 1 heterocycles. The minimum Gasteiger partial charge on any atom is -0.489 e. The van der Waals surface area contributed by atoms with Gasteiger partial charge in [0, 0.05) is 20.1 Å². The van der Waals surface area contributed by atoms with Gasteiger partial charge in [0.25, 0.3) is 0 Å². The highest BCUT2D eigenvalue weighted by Gasteiger charge is 2.27. The van der Waals surface area contributed by atoms with Gasteiger partial charge in [0.2, 0.25) is 0 Å². The Morgan fingerprint density at radius 2 is 2.04 bits per heavy atom. The highest BCUT2D eigenvalue weighted by atomic mass is 16.5. The van der Waals surface area contributed by atoms with Crippen LogP contribution in [0.15, 0.2) is 29.3 Å². The number of aryl methyl sites for hydroxylation is 1. The van der Waals surface area contributed by atoms with E-state index in [1.807, 2.05) is 38.1 Å². The molecule has 0 radical (unpaired) electrons. The second-order valence-corrected chi connectivity index (χ2v) is 6.41. The number of likely N-dealkylation sites (tertiary alicyclic amines) is 1. The first-order valence-electron chi connectivity index (χ1n) is 8.80. The number of aliphatic imine (C=N–C) groups is 1. The summed E-state index contributed by atoms with van der Waals surface area (Å²) in [5, 5.41) is 3.37. The second-order valence-electron chi connectivity index (χ2n) is 6.41. The van der Waals surface area contributed by atoms with E-state index in [9.17, 15) is 4.79 Å². The number of methoxy groups -OCH3 is 1. The number of guanidine groups is 1. The lowest BCUT2D eigenvalue weighted by molar-refractivity contribution is -0.146. The van der Waals surface area contributed by atoms with Crippen LogP contribution < -0.4 is 10.1 Å². The quantitative estimate of drug-likeness (QED) is 0.503. The molecule has 1 aromatic carbocycles. The molecule has 2 rings (SSSR count). The number of hydrogen-bond donors (Lipinski definition) is 1. The molecule has 6 nitrogen and oxygen atoms in total. The molecule has 1 atom stereocenters. The predicted octanol–water partition coefficient (Wildman–Crippen LogP) is 2.22. The first-order chi connectivity index (χ1) is 12.0. The third-order valence-electron chi connectivity index (χ3n) is 4.51. The van der Waals surface area contributed by atoms with Gasteiger partial charge in [-0.25, -0.2) is 0 Å². The maximum Gasteiger partial charge on any atom is 0.308 e. The molecule has 1 fully saturated rings. The molecule has 1 N–H and O–H groups in total. The molecule has 0 aliphatic carbocycles. The summed E-state index contributed by atoms with van der Waals surface area (Å²) in [4.78, 5) is 18.2. The van der Waals surface area contributed by atoms with Crippen LogP contribution >= 0.6 is 0 Å². The van der Waals surface area contributed by atoms with Crippen LogP contribution in [0, 0.1) is 12.8 Å². The zero-order valence-corrected chi connectivity index (χ0v) is 15.6. The van der Waals surface area contributed by atoms with Crippen LogP contribution in [0.1, 0.15) is 25.3 Å². The Bertz CT molecular complexity index is 595. The van der Waals surface area contributed by atoms with Gasteiger partial charge in [0.15, 0.2) is 5.96 Å². The number of para-hydroxylation sites is 1. The molecule has 0 spiro atoms. The summed E-state index contributed by atoms with van der Waals surface area (Å²) in [7, 11) is 3.23. The lowest BCUT2D eigenvalue weighted by Gasteiger charge is -2.33. The topological polar surface area (TPSA) is 63.2 Å². The fraction of sp³-hybridized carbons (Fsp3) is 0.579. The first kappa shape index (κ1) is 19.1. The van der Waals surface area contributed by atoms with Crippen molar-refractivity contribution in [1.29, 1.82) is 0 Å². The number of benzene rings is 1. The zero-order chi connectivity index (χ0) is 18.2. The van der Waals surface area contributed by atoms with E-state index in [1.165, 1.54) is 7.11 Å². The molecular formula is C19H29N3O3. The Hall–Kier alpha value is -2.24. The summed E-state index contributed by atoms with van der Waals surface area (Å²) in [5.74, 6) is 1.65. The van der Waals surface area contributed by atoms with Crippen molar-refractivity contribution in [3.05, 3.63) is 29.8 Å². The van der Waals surface area contributed by atoms with E-state index in [4.69, 9.17) is 9.47 Å². The van der Waals surface area contributed by atoms with Gasteiger partial charge in [-0.1, -0.05) is 18.2 Å². The maximum absolute atomic E-state index is 11.6. The lowest BCUT2D eigenvalue weighted by atomic mass is 9.97. The summed E-state index contributed by atoms with van der Waals surface area (Å²) in [6, 6.07) is 8.01. The van der Waals surface area contributed by atoms with Gasteiger partial charge in [-0.3, -0.25) is 9.79 Å². The standard InChI is InChI=1S/C19H29N3O3/c1-14-7-5-6-8-17(14)25-15(2)13-21-19(20-3)22-11-9-16(10-12-22)18(23)24-4/h5-8,15-16H,9-13H2,1-4H3,(H,20,21). The minimum atomic E-state index is -0.108. The van der Waals surface area contributed by atoms with E-state index in [-0.39, 0.29) is 18.0 Å². The number of carbonyl (C=O) groups excluding carboxylic acids is 1. The Balaban J connectivity index is 1.81. The molecule has 1 saturated heterocycles. The average molecular weight is 347 g/mol. The normalized spacial score (nSPS) is 17.1. The summed E-state index contributed by atoms with van der Waals surface area (Å²) in [5.41, 5.74) is 1.13. The molecule has 0 aromatic heterocycles. The Labute approximate surface area is 150 Å². The van der Waals surface area contributed by atoms with Crippen molar-refractivity contribution in [3.63, 3.8) is 0 Å². The van der Waals surface area contributed by atoms with Gasteiger partial charge in [0.05, 0.1) is 19.6 Å². The Morgan fingerprint density at radius 1 is 1.36 bits per heavy atom. The van der Waals surface area contributed by atoms with Crippen LogP contribution in [0.25, 0.3) is 0 Å². The van der Waals surface area contributed by atoms with E-state index in [0.717, 1.165) is 43.2 Å². The first-order valence-corrected chi connectivity index (χ1v) is 8.80. The average Bonchev–Trinajstić information content (AvgIpc) is 2.64. The highest BCUT2D eigenvalue weighted by Crippen LogP contribution is 2.19. The van der Waals surface area contributed by atoms with Crippen molar-refractivity contribution in [3.8, 4) is 5.75 Å². The molecule has 1 aliphatic rings.